The summed E-state index contributed by atoms with van der Waals surface area (Å²) in [7, 11) is 1.59. The van der Waals surface area contributed by atoms with Gasteiger partial charge < -0.3 is 15.3 Å². The second-order valence-corrected chi connectivity index (χ2v) is 5.25. The van der Waals surface area contributed by atoms with Gasteiger partial charge in [0, 0.05) is 13.6 Å². The number of hydrogen-bond acceptors (Lipinski definition) is 4. The third kappa shape index (κ3) is 4.37. The molecular weight excluding hydrogens is 276 g/mol. The van der Waals surface area contributed by atoms with Crippen molar-refractivity contribution in [1.82, 2.24) is 10.2 Å². The zero-order valence-corrected chi connectivity index (χ0v) is 12.6. The van der Waals surface area contributed by atoms with E-state index in [4.69, 9.17) is 5.11 Å². The Labute approximate surface area is 122 Å². The van der Waals surface area contributed by atoms with Gasteiger partial charge in [-0.15, -0.1) is 11.3 Å². The number of aliphatic hydroxyl groups excluding tert-OH is 1. The second-order valence-electron chi connectivity index (χ2n) is 4.20. The molecule has 1 aromatic heterocycles. The van der Waals surface area contributed by atoms with E-state index in [0.29, 0.717) is 11.4 Å². The molecule has 6 heteroatoms. The van der Waals surface area contributed by atoms with Crippen molar-refractivity contribution in [2.24, 2.45) is 0 Å². The van der Waals surface area contributed by atoms with Crippen LogP contribution in [-0.4, -0.2) is 48.6 Å². The molecule has 20 heavy (non-hydrogen) atoms. The van der Waals surface area contributed by atoms with E-state index in [1.54, 1.807) is 13.1 Å². The van der Waals surface area contributed by atoms with E-state index in [9.17, 15) is 9.59 Å². The molecule has 0 radical (unpaired) electrons. The van der Waals surface area contributed by atoms with Gasteiger partial charge in [0.2, 0.25) is 5.91 Å². The van der Waals surface area contributed by atoms with Crippen LogP contribution < -0.4 is 5.32 Å². The van der Waals surface area contributed by atoms with Gasteiger partial charge in [0.15, 0.2) is 0 Å². The van der Waals surface area contributed by atoms with Crippen LogP contribution in [0.3, 0.4) is 0 Å². The maximum Gasteiger partial charge on any atom is 0.264 e. The van der Waals surface area contributed by atoms with Gasteiger partial charge in [0.05, 0.1) is 16.3 Å². The summed E-state index contributed by atoms with van der Waals surface area (Å²) in [5.74, 6) is 4.98. The number of hydrogen-bond donors (Lipinski definition) is 2. The molecular formula is C14H18N2O3S. The molecule has 0 atom stereocenters. The number of carbonyl (C=O) groups excluding carboxylic acids is 2. The van der Waals surface area contributed by atoms with Gasteiger partial charge in [-0.25, -0.2) is 0 Å². The summed E-state index contributed by atoms with van der Waals surface area (Å²) < 4.78 is 0. The Morgan fingerprint density at radius 3 is 2.80 bits per heavy atom. The lowest BCUT2D eigenvalue weighted by molar-refractivity contribution is -0.121. The van der Waals surface area contributed by atoms with Gasteiger partial charge in [-0.3, -0.25) is 9.59 Å². The number of thiophene rings is 1. The molecule has 5 nitrogen and oxygen atoms in total. The largest absolute Gasteiger partial charge is 0.384 e. The highest BCUT2D eigenvalue weighted by atomic mass is 32.1. The van der Waals surface area contributed by atoms with E-state index in [1.165, 1.54) is 16.2 Å². The average Bonchev–Trinajstić information content (AvgIpc) is 2.77. The summed E-state index contributed by atoms with van der Waals surface area (Å²) in [5, 5.41) is 11.3. The third-order valence-electron chi connectivity index (χ3n) is 2.51. The van der Waals surface area contributed by atoms with Crippen molar-refractivity contribution in [2.45, 2.75) is 13.8 Å². The van der Waals surface area contributed by atoms with E-state index in [0.717, 1.165) is 10.4 Å². The molecule has 0 aliphatic carbocycles. The van der Waals surface area contributed by atoms with Crippen LogP contribution in [0.1, 0.15) is 27.0 Å². The fourth-order valence-corrected chi connectivity index (χ4v) is 2.60. The average molecular weight is 294 g/mol. The summed E-state index contributed by atoms with van der Waals surface area (Å²) in [6.45, 7) is 4.05. The molecule has 108 valence electrons. The zero-order chi connectivity index (χ0) is 15.1. The maximum atomic E-state index is 12.2. The van der Waals surface area contributed by atoms with Crippen LogP contribution in [0.15, 0.2) is 6.07 Å². The number of nitrogens with zero attached hydrogens (tertiary/aromatic N) is 1. The molecule has 0 saturated carbocycles. The van der Waals surface area contributed by atoms with E-state index < -0.39 is 0 Å². The quantitative estimate of drug-likeness (QED) is 0.799. The lowest BCUT2D eigenvalue weighted by Crippen LogP contribution is -2.37. The van der Waals surface area contributed by atoms with Crippen molar-refractivity contribution in [3.8, 4) is 11.8 Å². The first-order chi connectivity index (χ1) is 9.49. The van der Waals surface area contributed by atoms with Gasteiger partial charge in [-0.05, 0) is 25.5 Å². The Bertz CT molecular complexity index is 555. The van der Waals surface area contributed by atoms with Crippen LogP contribution in [0, 0.1) is 18.8 Å². The molecule has 0 spiro atoms. The predicted octanol–water partition coefficient (Wildman–Crippen LogP) is 0.608. The second kappa shape index (κ2) is 7.68. The van der Waals surface area contributed by atoms with E-state index >= 15 is 0 Å². The fraction of sp³-hybridized carbons (Fsp3) is 0.429. The first-order valence-corrected chi connectivity index (χ1v) is 7.03. The van der Waals surface area contributed by atoms with Gasteiger partial charge >= 0.3 is 0 Å². The smallest absolute Gasteiger partial charge is 0.264 e. The Morgan fingerprint density at radius 1 is 1.50 bits per heavy atom. The molecule has 0 bridgehead atoms. The molecule has 0 fully saturated rings. The number of aliphatic hydroxyl groups is 1. The fourth-order valence-electron chi connectivity index (χ4n) is 1.56. The third-order valence-corrected chi connectivity index (χ3v) is 3.65. The highest BCUT2D eigenvalue weighted by Gasteiger charge is 2.17. The molecule has 0 aromatic carbocycles. The van der Waals surface area contributed by atoms with Crippen LogP contribution >= 0.6 is 11.3 Å². The van der Waals surface area contributed by atoms with Crippen molar-refractivity contribution < 1.29 is 14.7 Å². The van der Waals surface area contributed by atoms with Crippen molar-refractivity contribution in [3.63, 3.8) is 0 Å². The van der Waals surface area contributed by atoms with Crippen molar-refractivity contribution >= 4 is 23.2 Å². The highest BCUT2D eigenvalue weighted by molar-refractivity contribution is 7.14. The number of amides is 2. The van der Waals surface area contributed by atoms with E-state index in [1.807, 2.05) is 13.8 Å². The molecule has 0 saturated heterocycles. The Kier molecular flexibility index (Phi) is 6.22. The standard InChI is InChI=1S/C14H18N2O3S/c1-4-15-13(18)9-16(3)14(19)12-8-10(2)11(20-12)6-5-7-17/h8,17H,4,7,9H2,1-3H3,(H,15,18). The van der Waals surface area contributed by atoms with Gasteiger partial charge in [-0.2, -0.15) is 0 Å². The van der Waals surface area contributed by atoms with Crippen LogP contribution in [0.25, 0.3) is 0 Å². The van der Waals surface area contributed by atoms with Crippen molar-refractivity contribution in [1.29, 1.82) is 0 Å². The summed E-state index contributed by atoms with van der Waals surface area (Å²) in [6, 6.07) is 1.75. The summed E-state index contributed by atoms with van der Waals surface area (Å²) >= 11 is 1.27. The van der Waals surface area contributed by atoms with Crippen LogP contribution in [-0.2, 0) is 4.79 Å². The topological polar surface area (TPSA) is 69.6 Å². The molecule has 1 heterocycles. The van der Waals surface area contributed by atoms with Gasteiger partial charge in [0.1, 0.15) is 6.61 Å². The number of rotatable bonds is 4. The molecule has 0 aliphatic rings. The van der Waals surface area contributed by atoms with Crippen LogP contribution in [0.4, 0.5) is 0 Å². The van der Waals surface area contributed by atoms with Crippen molar-refractivity contribution in [3.05, 3.63) is 21.4 Å². The monoisotopic (exact) mass is 294 g/mol. The Hall–Kier alpha value is -1.84. The lowest BCUT2D eigenvalue weighted by atomic mass is 10.2. The minimum atomic E-state index is -0.211. The van der Waals surface area contributed by atoms with E-state index in [2.05, 4.69) is 17.2 Å². The van der Waals surface area contributed by atoms with E-state index in [-0.39, 0.29) is 25.0 Å². The normalized spacial score (nSPS) is 9.60. The first kappa shape index (κ1) is 16.2. The number of aryl methyl sites for hydroxylation is 1. The van der Waals surface area contributed by atoms with Gasteiger partial charge in [-0.1, -0.05) is 11.8 Å². The summed E-state index contributed by atoms with van der Waals surface area (Å²) in [4.78, 5) is 26.3. The minimum absolute atomic E-state index is 0.0290. The predicted molar refractivity (Wildman–Crippen MR) is 78.7 cm³/mol. The Balaban J connectivity index is 2.79. The zero-order valence-electron chi connectivity index (χ0n) is 11.8. The van der Waals surface area contributed by atoms with Crippen molar-refractivity contribution in [2.75, 3.05) is 26.7 Å². The molecule has 0 aliphatic heterocycles. The van der Waals surface area contributed by atoms with Crippen LogP contribution in [0.5, 0.6) is 0 Å². The maximum absolute atomic E-state index is 12.2. The molecule has 0 unspecified atom stereocenters. The number of carbonyl (C=O) groups is 2. The number of likely N-dealkylation sites (N-methyl/N-ethyl adjacent to an activating group) is 2. The number of nitrogens with one attached hydrogen (secondary N) is 1. The molecule has 1 aromatic rings. The Morgan fingerprint density at radius 2 is 2.20 bits per heavy atom. The lowest BCUT2D eigenvalue weighted by Gasteiger charge is -2.15. The van der Waals surface area contributed by atoms with Gasteiger partial charge in [0.25, 0.3) is 5.91 Å². The summed E-state index contributed by atoms with van der Waals surface area (Å²) in [5.41, 5.74) is 0.894. The first-order valence-electron chi connectivity index (χ1n) is 6.21. The molecule has 1 rings (SSSR count). The minimum Gasteiger partial charge on any atom is -0.384 e. The summed E-state index contributed by atoms with van der Waals surface area (Å²) in [6.07, 6.45) is 0. The van der Waals surface area contributed by atoms with Crippen LogP contribution in [0.2, 0.25) is 0 Å². The SMILES string of the molecule is CCNC(=O)CN(C)C(=O)c1cc(C)c(C#CCO)s1. The molecule has 2 amide bonds. The highest BCUT2D eigenvalue weighted by Crippen LogP contribution is 2.22. The molecule has 2 N–H and O–H groups in total.